The maximum Gasteiger partial charge on any atom is 0.403 e. The van der Waals surface area contributed by atoms with Gasteiger partial charge in [0.1, 0.15) is 11.5 Å². The van der Waals surface area contributed by atoms with Crippen molar-refractivity contribution >= 4 is 45.2 Å². The number of rotatable bonds is 4. The van der Waals surface area contributed by atoms with E-state index in [0.29, 0.717) is 4.47 Å². The molecule has 1 saturated carbocycles. The lowest BCUT2D eigenvalue weighted by Gasteiger charge is -2.28. The van der Waals surface area contributed by atoms with Crippen LogP contribution < -0.4 is 0 Å². The molecule has 10 heteroatoms. The van der Waals surface area contributed by atoms with Crippen molar-refractivity contribution in [3.63, 3.8) is 0 Å². The number of nitrogens with zero attached hydrogens (tertiary/aromatic N) is 1. The number of hydrogen-bond acceptors (Lipinski definition) is 4. The van der Waals surface area contributed by atoms with Gasteiger partial charge >= 0.3 is 12.1 Å². The largest absolute Gasteiger partial charge is 0.467 e. The number of ketones is 1. The van der Waals surface area contributed by atoms with Crippen molar-refractivity contribution in [1.82, 2.24) is 4.90 Å². The zero-order chi connectivity index (χ0) is 20.9. The first kappa shape index (κ1) is 21.1. The predicted molar refractivity (Wildman–Crippen MR) is 96.8 cm³/mol. The van der Waals surface area contributed by atoms with E-state index < -0.39 is 41.2 Å². The first-order valence-electron chi connectivity index (χ1n) is 8.46. The Labute approximate surface area is 172 Å². The predicted octanol–water partition coefficient (Wildman–Crippen LogP) is 4.02. The van der Waals surface area contributed by atoms with E-state index in [1.54, 1.807) is 6.07 Å². The Morgan fingerprint density at radius 2 is 1.93 bits per heavy atom. The van der Waals surface area contributed by atoms with Crippen molar-refractivity contribution in [2.75, 3.05) is 13.7 Å². The molecule has 2 fully saturated rings. The minimum atomic E-state index is -4.71. The Morgan fingerprint density at radius 3 is 2.43 bits per heavy atom. The molecule has 1 aliphatic carbocycles. The third kappa shape index (κ3) is 3.54. The molecule has 1 aliphatic heterocycles. The molecule has 0 radical (unpaired) electrons. The van der Waals surface area contributed by atoms with Crippen molar-refractivity contribution in [3.05, 3.63) is 33.3 Å². The number of methoxy groups -OCH3 is 1. The van der Waals surface area contributed by atoms with Gasteiger partial charge in [0.25, 0.3) is 0 Å². The Bertz CT molecular complexity index is 841. The molecule has 1 aromatic carbocycles. The summed E-state index contributed by atoms with van der Waals surface area (Å²) in [6.07, 6.45) is -5.47. The summed E-state index contributed by atoms with van der Waals surface area (Å²) in [7, 11) is 1.09. The zero-order valence-corrected chi connectivity index (χ0v) is 17.0. The summed E-state index contributed by atoms with van der Waals surface area (Å²) in [6.45, 7) is -0.290. The van der Waals surface area contributed by atoms with Crippen LogP contribution in [0.4, 0.5) is 13.2 Å². The summed E-state index contributed by atoms with van der Waals surface area (Å²) in [5.41, 5.74) is -2.28. The normalized spacial score (nSPS) is 23.4. The summed E-state index contributed by atoms with van der Waals surface area (Å²) in [4.78, 5) is 38.5. The number of Topliss-reactive ketones (excluding diaryl/α,β-unsaturated/α-hetero) is 1. The van der Waals surface area contributed by atoms with E-state index in [2.05, 4.69) is 20.7 Å². The maximum atomic E-state index is 13.4. The lowest BCUT2D eigenvalue weighted by molar-refractivity contribution is -0.200. The molecule has 3 rings (SSSR count). The molecule has 152 valence electrons. The van der Waals surface area contributed by atoms with Gasteiger partial charge in [0.15, 0.2) is 5.78 Å². The van der Waals surface area contributed by atoms with Crippen LogP contribution in [-0.4, -0.2) is 48.4 Å². The monoisotopic (exact) mass is 481 g/mol. The first-order valence-corrected chi connectivity index (χ1v) is 9.64. The number of likely N-dealkylation sites (tertiary alicyclic amines) is 1. The molecule has 0 bridgehead atoms. The van der Waals surface area contributed by atoms with E-state index in [1.165, 1.54) is 12.1 Å². The van der Waals surface area contributed by atoms with Crippen molar-refractivity contribution in [1.29, 1.82) is 0 Å². The fourth-order valence-corrected chi connectivity index (χ4v) is 4.30. The molecule has 1 aromatic rings. The number of esters is 1. The molecule has 1 saturated heterocycles. The van der Waals surface area contributed by atoms with Crippen LogP contribution in [0.2, 0.25) is 5.02 Å². The molecule has 5 nitrogen and oxygen atoms in total. The molecular formula is C18H16BrClF3NO4. The van der Waals surface area contributed by atoms with Crippen LogP contribution in [0.15, 0.2) is 22.7 Å². The second-order valence-electron chi connectivity index (χ2n) is 7.00. The highest BCUT2D eigenvalue weighted by Crippen LogP contribution is 2.59. The van der Waals surface area contributed by atoms with Gasteiger partial charge in [-0.25, -0.2) is 4.79 Å². The average Bonchev–Trinajstić information content (AvgIpc) is 3.33. The summed E-state index contributed by atoms with van der Waals surface area (Å²) < 4.78 is 45.4. The Balaban J connectivity index is 1.88. The average molecular weight is 483 g/mol. The van der Waals surface area contributed by atoms with E-state index in [9.17, 15) is 27.6 Å². The quantitative estimate of drug-likeness (QED) is 0.480. The Hall–Kier alpha value is -1.61. The number of carbonyl (C=O) groups is 3. The summed E-state index contributed by atoms with van der Waals surface area (Å²) in [5, 5.41) is 0.174. The minimum absolute atomic E-state index is 0.114. The highest BCUT2D eigenvalue weighted by atomic mass is 79.9. The lowest BCUT2D eigenvalue weighted by Crippen LogP contribution is -2.49. The second-order valence-corrected chi connectivity index (χ2v) is 8.32. The first-order chi connectivity index (χ1) is 13.0. The number of hydrogen-bond donors (Lipinski definition) is 0. The second kappa shape index (κ2) is 7.33. The molecule has 1 unspecified atom stereocenters. The van der Waals surface area contributed by atoms with Crippen LogP contribution in [0.5, 0.6) is 0 Å². The van der Waals surface area contributed by atoms with Crippen LogP contribution in [0.1, 0.15) is 29.6 Å². The van der Waals surface area contributed by atoms with Crippen LogP contribution >= 0.6 is 27.5 Å². The Kier molecular flexibility index (Phi) is 5.53. The van der Waals surface area contributed by atoms with E-state index in [1.807, 2.05) is 0 Å². The van der Waals surface area contributed by atoms with E-state index in [-0.39, 0.29) is 36.4 Å². The van der Waals surface area contributed by atoms with Crippen molar-refractivity contribution in [2.45, 2.75) is 31.5 Å². The molecule has 2 atom stereocenters. The van der Waals surface area contributed by atoms with Gasteiger partial charge in [-0.15, -0.1) is 0 Å². The van der Waals surface area contributed by atoms with Gasteiger partial charge in [-0.1, -0.05) is 27.5 Å². The fourth-order valence-electron chi connectivity index (χ4n) is 3.54. The van der Waals surface area contributed by atoms with Crippen LogP contribution in [0.25, 0.3) is 0 Å². The van der Waals surface area contributed by atoms with E-state index >= 15 is 0 Å². The fraction of sp³-hybridized carbons (Fsp3) is 0.500. The minimum Gasteiger partial charge on any atom is -0.467 e. The van der Waals surface area contributed by atoms with Gasteiger partial charge in [-0.3, -0.25) is 9.59 Å². The number of amides is 1. The van der Waals surface area contributed by atoms with Gasteiger partial charge in [-0.05, 0) is 37.5 Å². The number of ether oxygens (including phenoxy) is 1. The standard InChI is InChI=1S/C18H16BrClF3NO4/c1-28-15(26)13-6-9(14(25)11-3-2-10(19)7-12(11)20)8-24(13)16(27)17(4-5-17)18(21,22)23/h2-3,7,9,13H,4-6,8H2,1H3/t9?,13-/m0/s1. The SMILES string of the molecule is COC(=O)[C@@H]1CC(C(=O)c2ccc(Br)cc2Cl)CN1C(=O)C1(C(F)(F)F)CC1. The van der Waals surface area contributed by atoms with Gasteiger partial charge in [0.2, 0.25) is 5.91 Å². The number of alkyl halides is 3. The highest BCUT2D eigenvalue weighted by molar-refractivity contribution is 9.10. The van der Waals surface area contributed by atoms with Crippen LogP contribution in [-0.2, 0) is 14.3 Å². The summed E-state index contributed by atoms with van der Waals surface area (Å²) in [5.74, 6) is -3.30. The van der Waals surface area contributed by atoms with Crippen LogP contribution in [0, 0.1) is 11.3 Å². The van der Waals surface area contributed by atoms with Crippen molar-refractivity contribution < 1.29 is 32.3 Å². The Morgan fingerprint density at radius 1 is 1.29 bits per heavy atom. The van der Waals surface area contributed by atoms with Crippen molar-refractivity contribution in [2.24, 2.45) is 11.3 Å². The van der Waals surface area contributed by atoms with E-state index in [0.717, 1.165) is 12.0 Å². The molecule has 0 aromatic heterocycles. The van der Waals surface area contributed by atoms with Crippen molar-refractivity contribution in [3.8, 4) is 0 Å². The smallest absolute Gasteiger partial charge is 0.403 e. The molecular weight excluding hydrogens is 467 g/mol. The van der Waals surface area contributed by atoms with Gasteiger partial charge < -0.3 is 9.64 Å². The number of halogens is 5. The topological polar surface area (TPSA) is 63.7 Å². The highest BCUT2D eigenvalue weighted by Gasteiger charge is 2.70. The third-order valence-electron chi connectivity index (χ3n) is 5.30. The van der Waals surface area contributed by atoms with E-state index in [4.69, 9.17) is 11.6 Å². The van der Waals surface area contributed by atoms with Gasteiger partial charge in [-0.2, -0.15) is 13.2 Å². The van der Waals surface area contributed by atoms with Gasteiger partial charge in [0.05, 0.1) is 12.1 Å². The maximum absolute atomic E-state index is 13.4. The molecule has 28 heavy (non-hydrogen) atoms. The van der Waals surface area contributed by atoms with Crippen LogP contribution in [0.3, 0.4) is 0 Å². The zero-order valence-electron chi connectivity index (χ0n) is 14.7. The number of benzene rings is 1. The number of carbonyl (C=O) groups excluding carboxylic acids is 3. The molecule has 1 heterocycles. The van der Waals surface area contributed by atoms with Gasteiger partial charge in [0, 0.05) is 22.5 Å². The third-order valence-corrected chi connectivity index (χ3v) is 6.11. The molecule has 0 spiro atoms. The molecule has 1 amide bonds. The lowest BCUT2D eigenvalue weighted by atomic mass is 9.95. The molecule has 2 aliphatic rings. The molecule has 0 N–H and O–H groups in total. The summed E-state index contributed by atoms with van der Waals surface area (Å²) in [6, 6.07) is 3.38. The summed E-state index contributed by atoms with van der Waals surface area (Å²) >= 11 is 9.33.